The van der Waals surface area contributed by atoms with Crippen LogP contribution in [0.25, 0.3) is 0 Å². The Morgan fingerprint density at radius 3 is 3.19 bits per heavy atom. The second kappa shape index (κ2) is 6.46. The van der Waals surface area contributed by atoms with E-state index in [1.807, 2.05) is 13.0 Å². The lowest BCUT2D eigenvalue weighted by Crippen LogP contribution is -2.56. The molecule has 0 aromatic carbocycles. The average Bonchev–Trinajstić information content (AvgIpc) is 2.90. The highest BCUT2D eigenvalue weighted by Crippen LogP contribution is 2.40. The molecule has 2 aliphatic heterocycles. The van der Waals surface area contributed by atoms with Crippen LogP contribution >= 0.6 is 0 Å². The van der Waals surface area contributed by atoms with Gasteiger partial charge in [-0.2, -0.15) is 0 Å². The lowest BCUT2D eigenvalue weighted by atomic mass is 9.73. The largest absolute Gasteiger partial charge is 0.381 e. The third kappa shape index (κ3) is 3.30. The molecule has 118 valence electrons. The normalized spacial score (nSPS) is 30.3. The molecule has 3 heterocycles. The van der Waals surface area contributed by atoms with E-state index in [2.05, 4.69) is 17.0 Å². The van der Waals surface area contributed by atoms with Crippen molar-refractivity contribution in [1.29, 1.82) is 0 Å². The molecule has 21 heavy (non-hydrogen) atoms. The molecule has 0 amide bonds. The van der Waals surface area contributed by atoms with E-state index in [0.29, 0.717) is 6.10 Å². The zero-order valence-corrected chi connectivity index (χ0v) is 13.1. The number of aromatic nitrogens is 1. The van der Waals surface area contributed by atoms with Crippen molar-refractivity contribution < 1.29 is 14.0 Å². The highest BCUT2D eigenvalue weighted by molar-refractivity contribution is 5.05. The van der Waals surface area contributed by atoms with E-state index < -0.39 is 0 Å². The standard InChI is InChI=1S/C16H26N2O3/c1-3-19-12-16-6-4-8-20-15(16)5-7-18(11-16)10-14-9-13(2)21-17-14/h9,15H,3-8,10-12H2,1-2H3. The van der Waals surface area contributed by atoms with Crippen LogP contribution in [0.1, 0.15) is 37.6 Å². The van der Waals surface area contributed by atoms with Gasteiger partial charge in [0.2, 0.25) is 0 Å². The number of aryl methyl sites for hydroxylation is 1. The van der Waals surface area contributed by atoms with Crippen LogP contribution in [0.4, 0.5) is 0 Å². The first-order valence-electron chi connectivity index (χ1n) is 8.06. The molecule has 5 heteroatoms. The molecule has 5 nitrogen and oxygen atoms in total. The summed E-state index contributed by atoms with van der Waals surface area (Å²) in [7, 11) is 0. The first-order chi connectivity index (χ1) is 10.2. The summed E-state index contributed by atoms with van der Waals surface area (Å²) in [4.78, 5) is 2.47. The molecule has 0 radical (unpaired) electrons. The van der Waals surface area contributed by atoms with Crippen molar-refractivity contribution in [2.75, 3.05) is 32.9 Å². The molecule has 2 unspecified atom stereocenters. The van der Waals surface area contributed by atoms with Gasteiger partial charge in [0.25, 0.3) is 0 Å². The predicted octanol–water partition coefficient (Wildman–Crippen LogP) is 2.39. The first kappa shape index (κ1) is 15.0. The van der Waals surface area contributed by atoms with Gasteiger partial charge in [-0.15, -0.1) is 0 Å². The molecular weight excluding hydrogens is 268 g/mol. The second-order valence-electron chi connectivity index (χ2n) is 6.39. The quantitative estimate of drug-likeness (QED) is 0.834. The lowest BCUT2D eigenvalue weighted by molar-refractivity contribution is -0.153. The minimum absolute atomic E-state index is 0.158. The molecule has 1 aromatic heterocycles. The van der Waals surface area contributed by atoms with Crippen molar-refractivity contribution in [3.05, 3.63) is 17.5 Å². The number of hydrogen-bond acceptors (Lipinski definition) is 5. The molecule has 0 aliphatic carbocycles. The fourth-order valence-corrected chi connectivity index (χ4v) is 3.75. The van der Waals surface area contributed by atoms with E-state index >= 15 is 0 Å². The summed E-state index contributed by atoms with van der Waals surface area (Å²) in [6.07, 6.45) is 3.78. The van der Waals surface area contributed by atoms with Crippen molar-refractivity contribution in [2.24, 2.45) is 5.41 Å². The summed E-state index contributed by atoms with van der Waals surface area (Å²) in [6, 6.07) is 2.03. The molecule has 1 aromatic rings. The maximum absolute atomic E-state index is 6.04. The Kier molecular flexibility index (Phi) is 4.62. The number of piperidine rings is 1. The van der Waals surface area contributed by atoms with E-state index in [-0.39, 0.29) is 5.41 Å². The monoisotopic (exact) mass is 294 g/mol. The third-order valence-corrected chi connectivity index (χ3v) is 4.72. The van der Waals surface area contributed by atoms with Crippen LogP contribution in [-0.4, -0.2) is 49.1 Å². The SMILES string of the molecule is CCOCC12CCCOC1CCN(Cc1cc(C)on1)C2. The summed E-state index contributed by atoms with van der Waals surface area (Å²) in [6.45, 7) is 9.44. The first-order valence-corrected chi connectivity index (χ1v) is 8.06. The number of rotatable bonds is 5. The van der Waals surface area contributed by atoms with E-state index in [0.717, 1.165) is 63.8 Å². The van der Waals surface area contributed by atoms with Gasteiger partial charge in [-0.25, -0.2) is 0 Å². The molecule has 0 saturated carbocycles. The topological polar surface area (TPSA) is 47.7 Å². The fraction of sp³-hybridized carbons (Fsp3) is 0.812. The molecule has 0 bridgehead atoms. The number of ether oxygens (including phenoxy) is 2. The van der Waals surface area contributed by atoms with Crippen molar-refractivity contribution >= 4 is 0 Å². The van der Waals surface area contributed by atoms with Gasteiger partial charge >= 0.3 is 0 Å². The number of hydrogen-bond donors (Lipinski definition) is 0. The fourth-order valence-electron chi connectivity index (χ4n) is 3.75. The van der Waals surface area contributed by atoms with Crippen LogP contribution in [0, 0.1) is 12.3 Å². The molecule has 3 rings (SSSR count). The van der Waals surface area contributed by atoms with Gasteiger partial charge in [-0.3, -0.25) is 4.90 Å². The maximum atomic E-state index is 6.04. The molecule has 2 saturated heterocycles. The van der Waals surface area contributed by atoms with Gasteiger partial charge in [0.1, 0.15) is 5.76 Å². The third-order valence-electron chi connectivity index (χ3n) is 4.72. The molecular formula is C16H26N2O3. The summed E-state index contributed by atoms with van der Waals surface area (Å²) in [5, 5.41) is 4.12. The predicted molar refractivity (Wildman–Crippen MR) is 79.0 cm³/mol. The molecule has 0 N–H and O–H groups in total. The minimum atomic E-state index is 0.158. The molecule has 2 atom stereocenters. The van der Waals surface area contributed by atoms with Crippen LogP contribution in [0.15, 0.2) is 10.6 Å². The number of likely N-dealkylation sites (tertiary alicyclic amines) is 1. The summed E-state index contributed by atoms with van der Waals surface area (Å²) in [5.74, 6) is 0.880. The van der Waals surface area contributed by atoms with Crippen LogP contribution in [0.2, 0.25) is 0 Å². The molecule has 2 aliphatic rings. The number of nitrogens with zero attached hydrogens (tertiary/aromatic N) is 2. The van der Waals surface area contributed by atoms with E-state index in [9.17, 15) is 0 Å². The van der Waals surface area contributed by atoms with Gasteiger partial charge in [-0.05, 0) is 33.1 Å². The maximum Gasteiger partial charge on any atom is 0.133 e. The zero-order valence-electron chi connectivity index (χ0n) is 13.1. The van der Waals surface area contributed by atoms with Gasteiger partial charge < -0.3 is 14.0 Å². The molecule has 0 spiro atoms. The van der Waals surface area contributed by atoms with Crippen LogP contribution in [0.5, 0.6) is 0 Å². The Bertz CT molecular complexity index is 462. The van der Waals surface area contributed by atoms with Gasteiger partial charge in [0, 0.05) is 44.3 Å². The highest BCUT2D eigenvalue weighted by atomic mass is 16.5. The van der Waals surface area contributed by atoms with Gasteiger partial charge in [0.05, 0.1) is 18.4 Å². The second-order valence-corrected chi connectivity index (χ2v) is 6.39. The Balaban J connectivity index is 1.68. The van der Waals surface area contributed by atoms with Crippen molar-refractivity contribution in [1.82, 2.24) is 10.1 Å². The smallest absolute Gasteiger partial charge is 0.133 e. The Hall–Kier alpha value is -0.910. The summed E-state index contributed by atoms with van der Waals surface area (Å²) >= 11 is 0. The Labute approximate surface area is 126 Å². The summed E-state index contributed by atoms with van der Waals surface area (Å²) < 4.78 is 17.0. The van der Waals surface area contributed by atoms with E-state index in [1.54, 1.807) is 0 Å². The number of fused-ring (bicyclic) bond motifs is 1. The van der Waals surface area contributed by atoms with E-state index in [4.69, 9.17) is 14.0 Å². The van der Waals surface area contributed by atoms with Crippen molar-refractivity contribution in [2.45, 2.75) is 45.8 Å². The minimum Gasteiger partial charge on any atom is -0.381 e. The van der Waals surface area contributed by atoms with Crippen LogP contribution < -0.4 is 0 Å². The Morgan fingerprint density at radius 2 is 2.43 bits per heavy atom. The van der Waals surface area contributed by atoms with Crippen LogP contribution in [-0.2, 0) is 16.0 Å². The van der Waals surface area contributed by atoms with Crippen LogP contribution in [0.3, 0.4) is 0 Å². The average molecular weight is 294 g/mol. The van der Waals surface area contributed by atoms with Gasteiger partial charge in [0.15, 0.2) is 0 Å². The van der Waals surface area contributed by atoms with Crippen molar-refractivity contribution in [3.8, 4) is 0 Å². The summed E-state index contributed by atoms with van der Waals surface area (Å²) in [5.41, 5.74) is 1.18. The lowest BCUT2D eigenvalue weighted by Gasteiger charge is -2.50. The zero-order chi connectivity index (χ0) is 14.7. The Morgan fingerprint density at radius 1 is 1.52 bits per heavy atom. The van der Waals surface area contributed by atoms with E-state index in [1.165, 1.54) is 6.42 Å². The van der Waals surface area contributed by atoms with Gasteiger partial charge in [-0.1, -0.05) is 5.16 Å². The van der Waals surface area contributed by atoms with Crippen molar-refractivity contribution in [3.63, 3.8) is 0 Å². The molecule has 2 fully saturated rings. The highest BCUT2D eigenvalue weighted by Gasteiger charge is 2.46.